The summed E-state index contributed by atoms with van der Waals surface area (Å²) in [6, 6.07) is 4.45. The molecule has 1 aliphatic carbocycles. The van der Waals surface area contributed by atoms with Crippen LogP contribution in [0.25, 0.3) is 11.0 Å². The van der Waals surface area contributed by atoms with Crippen LogP contribution in [0, 0.1) is 11.7 Å². The number of fused-ring (bicyclic) bond motifs is 2. The van der Waals surface area contributed by atoms with E-state index < -0.39 is 17.6 Å². The zero-order valence-corrected chi connectivity index (χ0v) is 24.7. The summed E-state index contributed by atoms with van der Waals surface area (Å²) < 4.78 is 24.6. The van der Waals surface area contributed by atoms with Crippen LogP contribution in [0.5, 0.6) is 0 Å². The van der Waals surface area contributed by atoms with Crippen molar-refractivity contribution in [3.8, 4) is 0 Å². The number of carbonyl (C=O) groups is 3. The quantitative estimate of drug-likeness (QED) is 0.162. The van der Waals surface area contributed by atoms with Crippen LogP contribution in [0.3, 0.4) is 0 Å². The minimum absolute atomic E-state index is 0.0400. The summed E-state index contributed by atoms with van der Waals surface area (Å²) in [5, 5.41) is 5.05. The fourth-order valence-electron chi connectivity index (χ4n) is 6.75. The first-order valence-electron chi connectivity index (χ1n) is 15.6. The van der Waals surface area contributed by atoms with Gasteiger partial charge < -0.3 is 9.26 Å². The molecule has 2 saturated heterocycles. The molecule has 0 bridgehead atoms. The molecule has 5 rings (SSSR count). The molecule has 2 aliphatic heterocycles. The van der Waals surface area contributed by atoms with Crippen molar-refractivity contribution in [2.45, 2.75) is 95.6 Å². The summed E-state index contributed by atoms with van der Waals surface area (Å²) in [5.74, 6) is -1.71. The molecule has 3 aliphatic rings. The number of hydrogen-bond acceptors (Lipinski definition) is 7. The Hall–Kier alpha value is -3.33. The van der Waals surface area contributed by atoms with Gasteiger partial charge in [-0.2, -0.15) is 0 Å². The summed E-state index contributed by atoms with van der Waals surface area (Å²) in [4.78, 5) is 43.4. The van der Waals surface area contributed by atoms with Gasteiger partial charge in [-0.15, -0.1) is 0 Å². The normalized spacial score (nSPS) is 23.6. The highest BCUT2D eigenvalue weighted by Crippen LogP contribution is 2.43. The second-order valence-electron chi connectivity index (χ2n) is 11.9. The van der Waals surface area contributed by atoms with Crippen molar-refractivity contribution in [3.05, 3.63) is 54.0 Å². The fourth-order valence-corrected chi connectivity index (χ4v) is 6.75. The van der Waals surface area contributed by atoms with Gasteiger partial charge in [0.1, 0.15) is 17.5 Å². The summed E-state index contributed by atoms with van der Waals surface area (Å²) in [6.45, 7) is 5.15. The van der Waals surface area contributed by atoms with Crippen LogP contribution in [-0.2, 0) is 19.1 Å². The number of carbonyl (C=O) groups excluding carboxylic acids is 3. The smallest absolute Gasteiger partial charge is 0.306 e. The minimum atomic E-state index is -1.09. The lowest BCUT2D eigenvalue weighted by molar-refractivity contribution is -0.154. The molecule has 9 heteroatoms. The first-order valence-corrected chi connectivity index (χ1v) is 15.6. The van der Waals surface area contributed by atoms with E-state index in [1.807, 2.05) is 24.3 Å². The zero-order valence-electron chi connectivity index (χ0n) is 24.7. The van der Waals surface area contributed by atoms with Gasteiger partial charge in [-0.1, -0.05) is 74.9 Å². The highest BCUT2D eigenvalue weighted by molar-refractivity contribution is 6.12. The molecular weight excluding hydrogens is 537 g/mol. The van der Waals surface area contributed by atoms with Gasteiger partial charge in [-0.3, -0.25) is 24.2 Å². The van der Waals surface area contributed by atoms with Crippen molar-refractivity contribution in [2.24, 2.45) is 5.92 Å². The molecule has 1 aromatic carbocycles. The van der Waals surface area contributed by atoms with E-state index >= 15 is 0 Å². The van der Waals surface area contributed by atoms with E-state index in [4.69, 9.17) is 9.26 Å². The molecule has 2 fully saturated rings. The van der Waals surface area contributed by atoms with Gasteiger partial charge in [0.05, 0.1) is 18.2 Å². The van der Waals surface area contributed by atoms with E-state index in [2.05, 4.69) is 17.0 Å². The van der Waals surface area contributed by atoms with E-state index in [0.29, 0.717) is 25.1 Å². The average molecular weight is 580 g/mol. The lowest BCUT2D eigenvalue weighted by Crippen LogP contribution is -2.58. The Balaban J connectivity index is 1.18. The molecule has 0 radical (unpaired) electrons. The van der Waals surface area contributed by atoms with Crippen LogP contribution in [0.2, 0.25) is 0 Å². The number of piperidine rings is 1. The number of benzene rings is 1. The van der Waals surface area contributed by atoms with Crippen molar-refractivity contribution in [1.29, 1.82) is 0 Å². The molecule has 0 saturated carbocycles. The molecule has 3 unspecified atom stereocenters. The molecule has 3 atom stereocenters. The third-order valence-electron chi connectivity index (χ3n) is 8.98. The molecule has 42 heavy (non-hydrogen) atoms. The van der Waals surface area contributed by atoms with E-state index in [1.165, 1.54) is 42.7 Å². The summed E-state index contributed by atoms with van der Waals surface area (Å²) in [7, 11) is 0. The van der Waals surface area contributed by atoms with Crippen LogP contribution in [0.15, 0.2) is 47.0 Å². The molecule has 2 aromatic rings. The number of allylic oxidation sites excluding steroid dienone is 2. The minimum Gasteiger partial charge on any atom is -0.461 e. The average Bonchev–Trinajstić information content (AvgIpc) is 3.50. The summed E-state index contributed by atoms with van der Waals surface area (Å²) in [5.41, 5.74) is 0.143. The Morgan fingerprint density at radius 2 is 1.86 bits per heavy atom. The van der Waals surface area contributed by atoms with E-state index in [1.54, 1.807) is 13.0 Å². The molecule has 1 aromatic heterocycles. The molecule has 2 amide bonds. The van der Waals surface area contributed by atoms with Gasteiger partial charge >= 0.3 is 5.97 Å². The third kappa shape index (κ3) is 6.07. The van der Waals surface area contributed by atoms with Crippen molar-refractivity contribution in [2.75, 3.05) is 19.6 Å². The van der Waals surface area contributed by atoms with Gasteiger partial charge in [-0.25, -0.2) is 4.39 Å². The van der Waals surface area contributed by atoms with E-state index in [0.717, 1.165) is 43.2 Å². The van der Waals surface area contributed by atoms with Crippen LogP contribution < -0.4 is 0 Å². The molecule has 226 valence electrons. The predicted octanol–water partition coefficient (Wildman–Crippen LogP) is 6.07. The van der Waals surface area contributed by atoms with Crippen molar-refractivity contribution < 1.29 is 28.0 Å². The fraction of sp³-hybridized carbons (Fsp3) is 0.576. The summed E-state index contributed by atoms with van der Waals surface area (Å²) in [6.07, 6.45) is 16.3. The van der Waals surface area contributed by atoms with Crippen LogP contribution in [-0.4, -0.2) is 64.0 Å². The first kappa shape index (κ1) is 30.1. The second kappa shape index (κ2) is 13.3. The second-order valence-corrected chi connectivity index (χ2v) is 11.9. The highest BCUT2D eigenvalue weighted by Gasteiger charge is 2.61. The number of likely N-dealkylation sites (tertiary alicyclic amines) is 2. The van der Waals surface area contributed by atoms with Gasteiger partial charge in [0.2, 0.25) is 5.91 Å². The summed E-state index contributed by atoms with van der Waals surface area (Å²) >= 11 is 0. The third-order valence-corrected chi connectivity index (χ3v) is 8.98. The lowest BCUT2D eigenvalue weighted by atomic mass is 9.78. The van der Waals surface area contributed by atoms with E-state index in [-0.39, 0.29) is 36.1 Å². The van der Waals surface area contributed by atoms with Crippen molar-refractivity contribution >= 4 is 28.8 Å². The Labute approximate surface area is 246 Å². The molecule has 0 spiro atoms. The number of imide groups is 1. The van der Waals surface area contributed by atoms with Crippen molar-refractivity contribution in [3.63, 3.8) is 0 Å². The molecule has 8 nitrogen and oxygen atoms in total. The topological polar surface area (TPSA) is 92.9 Å². The van der Waals surface area contributed by atoms with Gasteiger partial charge in [0, 0.05) is 36.9 Å². The zero-order chi connectivity index (χ0) is 29.7. The first-order chi connectivity index (χ1) is 20.3. The number of aromatic nitrogens is 1. The number of rotatable bonds is 13. The maximum atomic E-state index is 14.0. The monoisotopic (exact) mass is 579 g/mol. The SMILES string of the molecule is CCCCCCCCCC(=O)OC(C)CN1C(=O)C2C=CC=CC2(N2CCC(c3noc4cc(F)ccc34)CC2)C1=O. The maximum Gasteiger partial charge on any atom is 0.306 e. The van der Waals surface area contributed by atoms with Crippen LogP contribution >= 0.6 is 0 Å². The molecule has 0 N–H and O–H groups in total. The lowest BCUT2D eigenvalue weighted by Gasteiger charge is -2.44. The number of nitrogens with zero attached hydrogens (tertiary/aromatic N) is 3. The number of amides is 2. The Morgan fingerprint density at radius 3 is 2.62 bits per heavy atom. The maximum absolute atomic E-state index is 14.0. The van der Waals surface area contributed by atoms with Gasteiger partial charge in [0.15, 0.2) is 5.58 Å². The number of unbranched alkanes of at least 4 members (excludes halogenated alkanes) is 6. The van der Waals surface area contributed by atoms with Gasteiger partial charge in [-0.05, 0) is 38.3 Å². The largest absolute Gasteiger partial charge is 0.461 e. The van der Waals surface area contributed by atoms with Crippen LogP contribution in [0.4, 0.5) is 4.39 Å². The van der Waals surface area contributed by atoms with Gasteiger partial charge in [0.25, 0.3) is 5.91 Å². The van der Waals surface area contributed by atoms with Crippen LogP contribution in [0.1, 0.15) is 89.7 Å². The molecular formula is C33H42FN3O5. The standard InChI is InChI=1S/C33H42FN3O5/c1-3-4-5-6-7-8-9-13-29(38)41-23(2)22-37-31(39)27-12-10-11-18-33(27,32(37)40)36-19-16-24(17-20-36)30-26-15-14-25(34)21-28(26)42-35-30/h10-12,14-15,18,21,23-24,27H,3-9,13,16-17,19-20,22H2,1-2H3. The predicted molar refractivity (Wildman–Crippen MR) is 157 cm³/mol. The Kier molecular flexibility index (Phi) is 9.56. The number of esters is 1. The number of halogens is 1. The number of hydrogen-bond donors (Lipinski definition) is 0. The molecule has 3 heterocycles. The number of ether oxygens (including phenoxy) is 1. The van der Waals surface area contributed by atoms with Crippen molar-refractivity contribution in [1.82, 2.24) is 15.0 Å². The Morgan fingerprint density at radius 1 is 1.12 bits per heavy atom. The Bertz CT molecular complexity index is 1340. The highest BCUT2D eigenvalue weighted by atomic mass is 19.1. The van der Waals surface area contributed by atoms with E-state index in [9.17, 15) is 18.8 Å².